The van der Waals surface area contributed by atoms with Gasteiger partial charge in [-0.15, -0.1) is 0 Å². The summed E-state index contributed by atoms with van der Waals surface area (Å²) < 4.78 is 0. The van der Waals surface area contributed by atoms with Crippen LogP contribution < -0.4 is 5.73 Å². The zero-order valence-corrected chi connectivity index (χ0v) is 11.0. The Morgan fingerprint density at radius 3 is 2.65 bits per heavy atom. The van der Waals surface area contributed by atoms with Crippen molar-refractivity contribution in [3.8, 4) is 0 Å². The van der Waals surface area contributed by atoms with Gasteiger partial charge in [0.05, 0.1) is 0 Å². The number of nitrogen functional groups attached to an aromatic ring is 1. The molecule has 0 atom stereocenters. The zero-order chi connectivity index (χ0) is 12.4. The summed E-state index contributed by atoms with van der Waals surface area (Å²) in [5, 5.41) is 0.922. The molecule has 1 aromatic heterocycles. The van der Waals surface area contributed by atoms with E-state index in [4.69, 9.17) is 5.73 Å². The Morgan fingerprint density at radius 2 is 1.88 bits per heavy atom. The maximum Gasteiger partial charge on any atom is 0.221 e. The van der Waals surface area contributed by atoms with Crippen LogP contribution in [0.1, 0.15) is 16.7 Å². The van der Waals surface area contributed by atoms with E-state index in [2.05, 4.69) is 42.0 Å². The van der Waals surface area contributed by atoms with Crippen molar-refractivity contribution >= 4 is 17.7 Å². The van der Waals surface area contributed by atoms with Crippen LogP contribution in [0.4, 0.5) is 5.95 Å². The molecule has 2 rings (SSSR count). The average molecular weight is 245 g/mol. The van der Waals surface area contributed by atoms with Gasteiger partial charge in [0.2, 0.25) is 5.95 Å². The van der Waals surface area contributed by atoms with Crippen molar-refractivity contribution in [3.63, 3.8) is 0 Å². The van der Waals surface area contributed by atoms with E-state index >= 15 is 0 Å². The number of nitrogens with two attached hydrogens (primary N) is 1. The molecule has 2 N–H and O–H groups in total. The van der Waals surface area contributed by atoms with Crippen molar-refractivity contribution in [3.05, 3.63) is 41.1 Å². The van der Waals surface area contributed by atoms with Gasteiger partial charge in [-0.25, -0.2) is 9.97 Å². The molecule has 2 aromatic rings. The lowest BCUT2D eigenvalue weighted by Crippen LogP contribution is -1.97. The third-order valence-electron chi connectivity index (χ3n) is 2.49. The van der Waals surface area contributed by atoms with Crippen molar-refractivity contribution in [1.82, 2.24) is 9.97 Å². The lowest BCUT2D eigenvalue weighted by Gasteiger charge is -2.08. The van der Waals surface area contributed by atoms with Crippen LogP contribution in [0.2, 0.25) is 0 Å². The van der Waals surface area contributed by atoms with Crippen LogP contribution in [0.15, 0.2) is 34.3 Å². The first-order valence-corrected chi connectivity index (χ1v) is 6.22. The molecule has 0 fully saturated rings. The van der Waals surface area contributed by atoms with Gasteiger partial charge < -0.3 is 5.73 Å². The van der Waals surface area contributed by atoms with Gasteiger partial charge >= 0.3 is 0 Å². The number of benzene rings is 1. The molecule has 0 aliphatic heterocycles. The molecule has 4 heteroatoms. The van der Waals surface area contributed by atoms with E-state index in [1.54, 1.807) is 18.0 Å². The highest BCUT2D eigenvalue weighted by molar-refractivity contribution is 7.99. The lowest BCUT2D eigenvalue weighted by atomic mass is 10.2. The molecular weight excluding hydrogens is 230 g/mol. The van der Waals surface area contributed by atoms with Crippen LogP contribution >= 0.6 is 11.8 Å². The van der Waals surface area contributed by atoms with Gasteiger partial charge in [-0.1, -0.05) is 23.9 Å². The first-order chi connectivity index (χ1) is 8.06. The van der Waals surface area contributed by atoms with E-state index in [1.807, 2.05) is 6.92 Å². The largest absolute Gasteiger partial charge is 0.368 e. The van der Waals surface area contributed by atoms with Crippen LogP contribution in [-0.4, -0.2) is 9.97 Å². The normalized spacial score (nSPS) is 10.5. The monoisotopic (exact) mass is 245 g/mol. The van der Waals surface area contributed by atoms with E-state index in [9.17, 15) is 0 Å². The zero-order valence-electron chi connectivity index (χ0n) is 10.2. The minimum absolute atomic E-state index is 0.323. The molecule has 0 bridgehead atoms. The van der Waals surface area contributed by atoms with Crippen LogP contribution in [0.3, 0.4) is 0 Å². The fourth-order valence-corrected chi connectivity index (χ4v) is 2.50. The summed E-state index contributed by atoms with van der Waals surface area (Å²) in [7, 11) is 0. The predicted molar refractivity (Wildman–Crippen MR) is 71.2 cm³/mol. The molecule has 17 heavy (non-hydrogen) atoms. The highest BCUT2D eigenvalue weighted by atomic mass is 32.2. The second-order valence-electron chi connectivity index (χ2n) is 4.09. The van der Waals surface area contributed by atoms with Crippen LogP contribution in [-0.2, 0) is 0 Å². The maximum absolute atomic E-state index is 5.61. The minimum atomic E-state index is 0.323. The van der Waals surface area contributed by atoms with Crippen LogP contribution in [0.5, 0.6) is 0 Å². The molecule has 0 saturated carbocycles. The van der Waals surface area contributed by atoms with E-state index in [0.717, 1.165) is 10.6 Å². The quantitative estimate of drug-likeness (QED) is 0.826. The second kappa shape index (κ2) is 4.75. The van der Waals surface area contributed by atoms with Crippen molar-refractivity contribution < 1.29 is 0 Å². The van der Waals surface area contributed by atoms with Crippen molar-refractivity contribution in [2.45, 2.75) is 30.7 Å². The van der Waals surface area contributed by atoms with Crippen molar-refractivity contribution in [2.24, 2.45) is 0 Å². The van der Waals surface area contributed by atoms with Gasteiger partial charge in [0, 0.05) is 16.7 Å². The minimum Gasteiger partial charge on any atom is -0.368 e. The molecule has 1 aromatic carbocycles. The molecule has 0 amide bonds. The Kier molecular flexibility index (Phi) is 3.33. The Balaban J connectivity index is 2.37. The number of hydrogen-bond donors (Lipinski definition) is 1. The third-order valence-corrected chi connectivity index (χ3v) is 3.76. The number of anilines is 1. The summed E-state index contributed by atoms with van der Waals surface area (Å²) in [6.07, 6.45) is 1.76. The lowest BCUT2D eigenvalue weighted by molar-refractivity contribution is 1.02. The molecule has 1 heterocycles. The molecule has 0 aliphatic carbocycles. The van der Waals surface area contributed by atoms with E-state index in [1.165, 1.54) is 16.0 Å². The Bertz CT molecular complexity index is 503. The van der Waals surface area contributed by atoms with Crippen LogP contribution in [0.25, 0.3) is 0 Å². The fraction of sp³-hybridized carbons (Fsp3) is 0.231. The molecule has 0 spiro atoms. The number of aromatic nitrogens is 2. The highest BCUT2D eigenvalue weighted by Crippen LogP contribution is 2.31. The second-order valence-corrected chi connectivity index (χ2v) is 5.12. The summed E-state index contributed by atoms with van der Waals surface area (Å²) in [6.45, 7) is 6.18. The SMILES string of the molecule is Cc1ccc(C)c(Sc2nc(N)ncc2C)c1. The van der Waals surface area contributed by atoms with Crippen LogP contribution in [0, 0.1) is 20.8 Å². The third kappa shape index (κ3) is 2.77. The summed E-state index contributed by atoms with van der Waals surface area (Å²) in [5.41, 5.74) is 9.16. The summed E-state index contributed by atoms with van der Waals surface area (Å²) >= 11 is 1.64. The molecule has 0 radical (unpaired) electrons. The molecule has 3 nitrogen and oxygen atoms in total. The topological polar surface area (TPSA) is 51.8 Å². The summed E-state index contributed by atoms with van der Waals surface area (Å²) in [5.74, 6) is 0.323. The highest BCUT2D eigenvalue weighted by Gasteiger charge is 2.06. The van der Waals surface area contributed by atoms with E-state index in [0.29, 0.717) is 5.95 Å². The number of rotatable bonds is 2. The Morgan fingerprint density at radius 1 is 1.12 bits per heavy atom. The number of hydrogen-bond acceptors (Lipinski definition) is 4. The first-order valence-electron chi connectivity index (χ1n) is 5.40. The first kappa shape index (κ1) is 11.9. The average Bonchev–Trinajstić information content (AvgIpc) is 2.28. The van der Waals surface area contributed by atoms with Gasteiger partial charge in [0.15, 0.2) is 0 Å². The molecule has 88 valence electrons. The number of nitrogens with zero attached hydrogens (tertiary/aromatic N) is 2. The molecule has 0 aliphatic rings. The van der Waals surface area contributed by atoms with Gasteiger partial charge in [-0.3, -0.25) is 0 Å². The van der Waals surface area contributed by atoms with Gasteiger partial charge in [-0.2, -0.15) is 0 Å². The fourth-order valence-electron chi connectivity index (χ4n) is 1.46. The molecule has 0 saturated heterocycles. The molecular formula is C13H15N3S. The van der Waals surface area contributed by atoms with E-state index < -0.39 is 0 Å². The predicted octanol–water partition coefficient (Wildman–Crippen LogP) is 3.14. The summed E-state index contributed by atoms with van der Waals surface area (Å²) in [4.78, 5) is 9.46. The van der Waals surface area contributed by atoms with Gasteiger partial charge in [-0.05, 0) is 38.0 Å². The Hall–Kier alpha value is -1.55. The van der Waals surface area contributed by atoms with Crippen molar-refractivity contribution in [1.29, 1.82) is 0 Å². The smallest absolute Gasteiger partial charge is 0.221 e. The number of aryl methyl sites for hydroxylation is 3. The summed E-state index contributed by atoms with van der Waals surface area (Å²) in [6, 6.07) is 6.40. The Labute approximate surface area is 105 Å². The van der Waals surface area contributed by atoms with Crippen molar-refractivity contribution in [2.75, 3.05) is 5.73 Å². The maximum atomic E-state index is 5.61. The van der Waals surface area contributed by atoms with Gasteiger partial charge in [0.1, 0.15) is 5.03 Å². The standard InChI is InChI=1S/C13H15N3S/c1-8-4-5-9(2)11(6-8)17-12-10(3)7-15-13(14)16-12/h4-7H,1-3H3,(H2,14,15,16). The van der Waals surface area contributed by atoms with Gasteiger partial charge in [0.25, 0.3) is 0 Å². The molecule has 0 unspecified atom stereocenters. The van der Waals surface area contributed by atoms with E-state index in [-0.39, 0.29) is 0 Å².